The fourth-order valence-electron chi connectivity index (χ4n) is 2.71. The van der Waals surface area contributed by atoms with Crippen LogP contribution in [0.2, 0.25) is 0 Å². The van der Waals surface area contributed by atoms with Crippen molar-refractivity contribution in [2.75, 3.05) is 12.3 Å². The Morgan fingerprint density at radius 1 is 1.31 bits per heavy atom. The molecule has 4 aromatic rings. The topological polar surface area (TPSA) is 120 Å². The van der Waals surface area contributed by atoms with Crippen LogP contribution in [0.15, 0.2) is 30.5 Å². The summed E-state index contributed by atoms with van der Waals surface area (Å²) in [7, 11) is 1.24. The highest BCUT2D eigenvalue weighted by Gasteiger charge is 2.18. The maximum atomic E-state index is 9.47. The summed E-state index contributed by atoms with van der Waals surface area (Å²) in [5, 5.41) is 14.6. The van der Waals surface area contributed by atoms with Crippen molar-refractivity contribution in [3.05, 3.63) is 36.2 Å². The van der Waals surface area contributed by atoms with Crippen molar-refractivity contribution in [3.8, 4) is 17.6 Å². The van der Waals surface area contributed by atoms with E-state index in [0.29, 0.717) is 47.0 Å². The highest BCUT2D eigenvalue weighted by atomic mass is 127. The molecule has 0 aliphatic heterocycles. The van der Waals surface area contributed by atoms with E-state index in [1.165, 1.54) is 13.7 Å². The van der Waals surface area contributed by atoms with E-state index in [2.05, 4.69) is 26.1 Å². The molecule has 0 radical (unpaired) electrons. The lowest BCUT2D eigenvalue weighted by Gasteiger charge is -2.06. The van der Waals surface area contributed by atoms with Crippen molar-refractivity contribution in [1.82, 2.24) is 29.1 Å². The first kappa shape index (κ1) is 17.0. The molecule has 0 aliphatic rings. The molecule has 0 aliphatic carbocycles. The quantitative estimate of drug-likeness (QED) is 0.264. The number of halogens is 1. The predicted octanol–water partition coefficient (Wildman–Crippen LogP) is 2.61. The summed E-state index contributed by atoms with van der Waals surface area (Å²) in [4.78, 5) is 13.3. The molecule has 11 heteroatoms. The number of nitrogens with zero attached hydrogens (tertiary/aromatic N) is 7. The zero-order valence-electron chi connectivity index (χ0n) is 13.2. The van der Waals surface area contributed by atoms with Crippen LogP contribution in [0.3, 0.4) is 0 Å². The van der Waals surface area contributed by atoms with E-state index in [9.17, 15) is 5.26 Å². The summed E-state index contributed by atoms with van der Waals surface area (Å²) in [6.07, 6.45) is 1.67. The molecule has 0 saturated heterocycles. The lowest BCUT2D eigenvalue weighted by Crippen LogP contribution is -2.08. The second-order valence-corrected chi connectivity index (χ2v) is 6.71. The molecule has 0 aromatic carbocycles. The number of hydrogen-bond donors (Lipinski definition) is 1. The van der Waals surface area contributed by atoms with Gasteiger partial charge in [0.05, 0.1) is 27.8 Å². The van der Waals surface area contributed by atoms with E-state index < -0.39 is 0 Å². The van der Waals surface area contributed by atoms with E-state index in [-0.39, 0.29) is 5.95 Å². The van der Waals surface area contributed by atoms with E-state index in [1.807, 2.05) is 39.4 Å². The zero-order chi connectivity index (χ0) is 18.1. The number of anilines is 1. The second-order valence-electron chi connectivity index (χ2n) is 5.27. The van der Waals surface area contributed by atoms with Gasteiger partial charge in [0.2, 0.25) is 11.8 Å². The molecule has 4 heterocycles. The predicted molar refractivity (Wildman–Crippen MR) is 106 cm³/mol. The highest BCUT2D eigenvalue weighted by Crippen LogP contribution is 2.25. The smallest absolute Gasteiger partial charge is 0.225 e. The molecule has 0 spiro atoms. The fourth-order valence-corrected chi connectivity index (χ4v) is 3.39. The molecule has 0 amide bonds. The number of hydrogen-bond acceptors (Lipinski definition) is 8. The van der Waals surface area contributed by atoms with E-state index >= 15 is 0 Å². The highest BCUT2D eigenvalue weighted by molar-refractivity contribution is 14.2. The number of nitriles is 1. The Morgan fingerprint density at radius 2 is 2.19 bits per heavy atom. The van der Waals surface area contributed by atoms with Crippen LogP contribution < -0.4 is 5.73 Å². The first-order chi connectivity index (χ1) is 12.7. The van der Waals surface area contributed by atoms with Crippen molar-refractivity contribution in [1.29, 1.82) is 5.26 Å². The van der Waals surface area contributed by atoms with Crippen LogP contribution in [0.25, 0.3) is 28.2 Å². The van der Waals surface area contributed by atoms with Gasteiger partial charge in [-0.2, -0.15) is 14.8 Å². The third-order valence-corrected chi connectivity index (χ3v) is 4.82. The van der Waals surface area contributed by atoms with Crippen molar-refractivity contribution < 1.29 is 4.18 Å². The Morgan fingerprint density at radius 3 is 2.92 bits per heavy atom. The molecule has 0 unspecified atom stereocenters. The molecule has 0 atom stereocenters. The Bertz CT molecular complexity index is 1130. The minimum Gasteiger partial charge on any atom is -0.368 e. The van der Waals surface area contributed by atoms with Gasteiger partial charge in [0.25, 0.3) is 0 Å². The van der Waals surface area contributed by atoms with Gasteiger partial charge in [0, 0.05) is 27.4 Å². The normalized spacial score (nSPS) is 11.2. The Kier molecular flexibility index (Phi) is 4.62. The van der Waals surface area contributed by atoms with Gasteiger partial charge in [0.1, 0.15) is 23.1 Å². The monoisotopic (exact) mass is 478 g/mol. The molecule has 4 rings (SSSR count). The fraction of sp³-hybridized carbons (Fsp3) is 0.133. The lowest BCUT2D eigenvalue weighted by molar-refractivity contribution is 0.356. The third kappa shape index (κ3) is 2.85. The van der Waals surface area contributed by atoms with Crippen LogP contribution in [0, 0.1) is 11.3 Å². The Balaban J connectivity index is 1.92. The minimum atomic E-state index is 0.190. The minimum absolute atomic E-state index is 0.190. The second kappa shape index (κ2) is 7.06. The van der Waals surface area contributed by atoms with Gasteiger partial charge in [0.15, 0.2) is 5.65 Å². The molecule has 26 heavy (non-hydrogen) atoms. The summed E-state index contributed by atoms with van der Waals surface area (Å²) in [6.45, 7) is 0.914. The van der Waals surface area contributed by atoms with Crippen LogP contribution in [0.1, 0.15) is 5.69 Å². The summed E-state index contributed by atoms with van der Waals surface area (Å²) in [5.74, 6) is 0.637. The van der Waals surface area contributed by atoms with Crippen molar-refractivity contribution >= 4 is 53.0 Å². The SMILES string of the molecule is N#Cc1cc2c(nc(N)n3nc(-c4ccccn4)nc23)n1CCOSI. The average Bonchev–Trinajstić information content (AvgIpc) is 3.25. The summed E-state index contributed by atoms with van der Waals surface area (Å²) < 4.78 is 8.55. The van der Waals surface area contributed by atoms with E-state index in [4.69, 9.17) is 9.92 Å². The third-order valence-electron chi connectivity index (χ3n) is 3.81. The van der Waals surface area contributed by atoms with E-state index in [1.54, 1.807) is 16.8 Å². The first-order valence-corrected chi connectivity index (χ1v) is 10.8. The summed E-state index contributed by atoms with van der Waals surface area (Å²) >= 11 is 2.05. The molecular formula is C15H11IN8OS. The molecule has 0 bridgehead atoms. The zero-order valence-corrected chi connectivity index (χ0v) is 16.2. The van der Waals surface area contributed by atoms with Crippen LogP contribution >= 0.6 is 30.4 Å². The van der Waals surface area contributed by atoms with Gasteiger partial charge >= 0.3 is 0 Å². The Hall–Kier alpha value is -2.43. The maximum Gasteiger partial charge on any atom is 0.225 e. The van der Waals surface area contributed by atoms with Crippen LogP contribution in [0.4, 0.5) is 5.95 Å². The number of nitrogens with two attached hydrogens (primary N) is 1. The molecule has 0 saturated carbocycles. The van der Waals surface area contributed by atoms with Crippen molar-refractivity contribution in [3.63, 3.8) is 0 Å². The molecule has 4 aromatic heterocycles. The van der Waals surface area contributed by atoms with E-state index in [0.717, 1.165) is 0 Å². The first-order valence-electron chi connectivity index (χ1n) is 7.50. The number of fused-ring (bicyclic) bond motifs is 3. The standard InChI is InChI=1S/C15H11IN8OS/c16-26-25-6-5-23-9(8-17)7-10-13(23)21-15(18)24-14(10)20-12(22-24)11-3-1-2-4-19-11/h1-4,7H,5-6H2,(H2,18,21). The molecule has 2 N–H and O–H groups in total. The van der Waals surface area contributed by atoms with Crippen molar-refractivity contribution in [2.24, 2.45) is 0 Å². The number of rotatable bonds is 5. The maximum absolute atomic E-state index is 9.47. The Labute approximate surface area is 164 Å². The van der Waals surface area contributed by atoms with Crippen LogP contribution in [-0.4, -0.2) is 35.7 Å². The average molecular weight is 478 g/mol. The molecule has 0 fully saturated rings. The van der Waals surface area contributed by atoms with Gasteiger partial charge in [-0.3, -0.25) is 4.98 Å². The van der Waals surface area contributed by atoms with Gasteiger partial charge in [-0.05, 0) is 18.2 Å². The number of aromatic nitrogens is 6. The van der Waals surface area contributed by atoms with Gasteiger partial charge in [-0.15, -0.1) is 5.10 Å². The van der Waals surface area contributed by atoms with Gasteiger partial charge in [-0.1, -0.05) is 6.07 Å². The summed E-state index contributed by atoms with van der Waals surface area (Å²) in [6, 6.07) is 9.43. The molecule has 9 nitrogen and oxygen atoms in total. The van der Waals surface area contributed by atoms with Crippen LogP contribution in [0.5, 0.6) is 0 Å². The lowest BCUT2D eigenvalue weighted by atomic mass is 10.3. The number of pyridine rings is 1. The van der Waals surface area contributed by atoms with Gasteiger partial charge < -0.3 is 14.5 Å². The van der Waals surface area contributed by atoms with Gasteiger partial charge in [-0.25, -0.2) is 4.98 Å². The largest absolute Gasteiger partial charge is 0.368 e. The summed E-state index contributed by atoms with van der Waals surface area (Å²) in [5.41, 5.74) is 8.29. The number of nitrogen functional groups attached to an aromatic ring is 1. The molecule has 130 valence electrons. The van der Waals surface area contributed by atoms with Crippen molar-refractivity contribution in [2.45, 2.75) is 6.54 Å². The molecular weight excluding hydrogens is 467 g/mol. The van der Waals surface area contributed by atoms with Crippen LogP contribution in [-0.2, 0) is 10.7 Å².